The first-order chi connectivity index (χ1) is 7.02. The van der Waals surface area contributed by atoms with Gasteiger partial charge in [-0.1, -0.05) is 13.8 Å². The average molecular weight is 234 g/mol. The molecule has 2 unspecified atom stereocenters. The normalized spacial score (nSPS) is 27.1. The Balaban J connectivity index is 2.50. The number of carbonyl (C=O) groups is 1. The molecule has 0 aliphatic carbocycles. The summed E-state index contributed by atoms with van der Waals surface area (Å²) in [6.07, 6.45) is 0.701. The molecule has 0 spiro atoms. The van der Waals surface area contributed by atoms with E-state index in [0.717, 1.165) is 0 Å². The van der Waals surface area contributed by atoms with Crippen LogP contribution in [0.2, 0.25) is 0 Å². The second-order valence-corrected chi connectivity index (χ2v) is 4.93. The third-order valence-electron chi connectivity index (χ3n) is 2.43. The number of alkyl halides is 1. The van der Waals surface area contributed by atoms with Crippen molar-refractivity contribution in [3.8, 4) is 0 Å². The molecule has 0 N–H and O–H groups in total. The third-order valence-corrected chi connectivity index (χ3v) is 2.78. The molecule has 1 amide bonds. The van der Waals surface area contributed by atoms with Crippen molar-refractivity contribution in [2.24, 2.45) is 5.92 Å². The first-order valence-electron chi connectivity index (χ1n) is 5.52. The van der Waals surface area contributed by atoms with Gasteiger partial charge in [0, 0.05) is 19.5 Å². The van der Waals surface area contributed by atoms with Gasteiger partial charge >= 0.3 is 0 Å². The highest BCUT2D eigenvalue weighted by Gasteiger charge is 2.27. The van der Waals surface area contributed by atoms with Crippen LogP contribution >= 0.6 is 11.6 Å². The van der Waals surface area contributed by atoms with Gasteiger partial charge in [-0.15, -0.1) is 11.6 Å². The van der Waals surface area contributed by atoms with Crippen molar-refractivity contribution < 1.29 is 9.53 Å². The van der Waals surface area contributed by atoms with E-state index in [9.17, 15) is 4.79 Å². The Hall–Kier alpha value is -0.280. The number of morpholine rings is 1. The number of amides is 1. The van der Waals surface area contributed by atoms with Crippen LogP contribution in [0.3, 0.4) is 0 Å². The highest BCUT2D eigenvalue weighted by Crippen LogP contribution is 2.14. The van der Waals surface area contributed by atoms with Gasteiger partial charge in [-0.3, -0.25) is 4.79 Å². The van der Waals surface area contributed by atoms with Gasteiger partial charge in [-0.25, -0.2) is 0 Å². The van der Waals surface area contributed by atoms with Crippen molar-refractivity contribution in [1.29, 1.82) is 0 Å². The van der Waals surface area contributed by atoms with Gasteiger partial charge in [0.25, 0.3) is 0 Å². The molecule has 0 bridgehead atoms. The number of rotatable bonds is 3. The molecule has 4 heteroatoms. The van der Waals surface area contributed by atoms with Crippen LogP contribution in [0.15, 0.2) is 0 Å². The molecule has 15 heavy (non-hydrogen) atoms. The van der Waals surface area contributed by atoms with Crippen LogP contribution in [0.25, 0.3) is 0 Å². The van der Waals surface area contributed by atoms with E-state index in [-0.39, 0.29) is 18.1 Å². The summed E-state index contributed by atoms with van der Waals surface area (Å²) in [5.74, 6) is 1.08. The lowest BCUT2D eigenvalue weighted by Gasteiger charge is -2.36. The molecule has 1 aliphatic rings. The Morgan fingerprint density at radius 3 is 2.73 bits per heavy atom. The highest BCUT2D eigenvalue weighted by molar-refractivity contribution is 6.18. The van der Waals surface area contributed by atoms with Crippen LogP contribution in [0.1, 0.15) is 27.2 Å². The summed E-state index contributed by atoms with van der Waals surface area (Å²) in [7, 11) is 0. The van der Waals surface area contributed by atoms with Gasteiger partial charge in [-0.05, 0) is 12.8 Å². The molecule has 3 nitrogen and oxygen atoms in total. The lowest BCUT2D eigenvalue weighted by molar-refractivity contribution is -0.143. The predicted molar refractivity (Wildman–Crippen MR) is 61.1 cm³/mol. The van der Waals surface area contributed by atoms with Crippen LogP contribution in [-0.4, -0.2) is 42.0 Å². The fraction of sp³-hybridized carbons (Fsp3) is 0.909. The van der Waals surface area contributed by atoms with Crippen LogP contribution in [0.5, 0.6) is 0 Å². The molecule has 1 saturated heterocycles. The minimum Gasteiger partial charge on any atom is -0.370 e. The molecule has 1 aliphatic heterocycles. The molecule has 0 aromatic rings. The zero-order valence-electron chi connectivity index (χ0n) is 9.70. The maximum absolute atomic E-state index is 11.8. The Morgan fingerprint density at radius 2 is 2.20 bits per heavy atom. The summed E-state index contributed by atoms with van der Waals surface area (Å²) >= 11 is 5.76. The van der Waals surface area contributed by atoms with E-state index >= 15 is 0 Å². The van der Waals surface area contributed by atoms with E-state index in [4.69, 9.17) is 16.3 Å². The van der Waals surface area contributed by atoms with E-state index in [1.165, 1.54) is 0 Å². The van der Waals surface area contributed by atoms with Crippen LogP contribution < -0.4 is 0 Å². The van der Waals surface area contributed by atoms with Gasteiger partial charge in [0.05, 0.1) is 18.1 Å². The van der Waals surface area contributed by atoms with Gasteiger partial charge in [0.2, 0.25) is 5.91 Å². The second-order valence-electron chi connectivity index (χ2n) is 4.62. The van der Waals surface area contributed by atoms with Gasteiger partial charge in [0.1, 0.15) is 0 Å². The molecule has 0 radical (unpaired) electrons. The van der Waals surface area contributed by atoms with Crippen molar-refractivity contribution in [1.82, 2.24) is 4.90 Å². The third kappa shape index (κ3) is 3.99. The number of halogens is 1. The summed E-state index contributed by atoms with van der Waals surface area (Å²) < 4.78 is 5.59. The molecule has 0 saturated carbocycles. The van der Waals surface area contributed by atoms with E-state index < -0.39 is 0 Å². The van der Waals surface area contributed by atoms with Gasteiger partial charge in [0.15, 0.2) is 0 Å². The minimum absolute atomic E-state index is 0.00784. The fourth-order valence-corrected chi connectivity index (χ4v) is 1.98. The minimum atomic E-state index is -0.00784. The molecule has 1 fully saturated rings. The zero-order chi connectivity index (χ0) is 11.4. The van der Waals surface area contributed by atoms with Crippen molar-refractivity contribution in [3.05, 3.63) is 0 Å². The topological polar surface area (TPSA) is 29.5 Å². The number of ether oxygens (including phenoxy) is 1. The highest BCUT2D eigenvalue weighted by atomic mass is 35.5. The smallest absolute Gasteiger partial charge is 0.223 e. The molecular formula is C11H20ClNO2. The van der Waals surface area contributed by atoms with E-state index in [2.05, 4.69) is 13.8 Å². The summed E-state index contributed by atoms with van der Waals surface area (Å²) in [5, 5.41) is 0. The maximum atomic E-state index is 11.8. The Bertz CT molecular complexity index is 221. The SMILES string of the molecule is CC(C)CC(=O)N1CC(C)OC(CCl)C1. The van der Waals surface area contributed by atoms with Crippen molar-refractivity contribution in [2.45, 2.75) is 39.4 Å². The first-order valence-corrected chi connectivity index (χ1v) is 6.05. The first kappa shape index (κ1) is 12.8. The lowest BCUT2D eigenvalue weighted by atomic mass is 10.1. The van der Waals surface area contributed by atoms with Crippen molar-refractivity contribution in [2.75, 3.05) is 19.0 Å². The quantitative estimate of drug-likeness (QED) is 0.697. The largest absolute Gasteiger partial charge is 0.370 e. The monoisotopic (exact) mass is 233 g/mol. The van der Waals surface area contributed by atoms with Crippen molar-refractivity contribution >= 4 is 17.5 Å². The molecule has 88 valence electrons. The fourth-order valence-electron chi connectivity index (χ4n) is 1.81. The molecule has 1 heterocycles. The summed E-state index contributed by atoms with van der Waals surface area (Å²) in [5.41, 5.74) is 0. The van der Waals surface area contributed by atoms with E-state index in [1.54, 1.807) is 0 Å². The lowest BCUT2D eigenvalue weighted by Crippen LogP contribution is -2.50. The van der Waals surface area contributed by atoms with Gasteiger partial charge < -0.3 is 9.64 Å². The summed E-state index contributed by atoms with van der Waals surface area (Å²) in [6.45, 7) is 7.42. The number of nitrogens with zero attached hydrogens (tertiary/aromatic N) is 1. The number of hydrogen-bond donors (Lipinski definition) is 0. The maximum Gasteiger partial charge on any atom is 0.223 e. The molecule has 0 aromatic carbocycles. The number of hydrogen-bond acceptors (Lipinski definition) is 2. The van der Waals surface area contributed by atoms with Crippen LogP contribution in [0.4, 0.5) is 0 Å². The Labute approximate surface area is 96.7 Å². The van der Waals surface area contributed by atoms with Crippen LogP contribution in [-0.2, 0) is 9.53 Å². The molecule has 1 rings (SSSR count). The van der Waals surface area contributed by atoms with E-state index in [1.807, 2.05) is 11.8 Å². The average Bonchev–Trinajstić information content (AvgIpc) is 2.15. The standard InChI is InChI=1S/C11H20ClNO2/c1-8(2)4-11(14)13-6-9(3)15-10(5-12)7-13/h8-10H,4-7H2,1-3H3. The Kier molecular flexibility index (Phi) is 4.87. The predicted octanol–water partition coefficient (Wildman–Crippen LogP) is 1.89. The zero-order valence-corrected chi connectivity index (χ0v) is 10.5. The van der Waals surface area contributed by atoms with E-state index in [0.29, 0.717) is 31.3 Å². The van der Waals surface area contributed by atoms with Crippen LogP contribution in [0, 0.1) is 5.92 Å². The summed E-state index contributed by atoms with van der Waals surface area (Å²) in [4.78, 5) is 13.7. The second kappa shape index (κ2) is 5.71. The molecule has 2 atom stereocenters. The summed E-state index contributed by atoms with van der Waals surface area (Å²) in [6, 6.07) is 0. The molecule has 0 aromatic heterocycles. The van der Waals surface area contributed by atoms with Gasteiger partial charge in [-0.2, -0.15) is 0 Å². The van der Waals surface area contributed by atoms with Crippen molar-refractivity contribution in [3.63, 3.8) is 0 Å². The Morgan fingerprint density at radius 1 is 1.53 bits per heavy atom. The number of carbonyl (C=O) groups excluding carboxylic acids is 1. The molecular weight excluding hydrogens is 214 g/mol.